The molecule has 3 aliphatic carbocycles. The van der Waals surface area contributed by atoms with Crippen molar-refractivity contribution in [1.29, 1.82) is 0 Å². The van der Waals surface area contributed by atoms with Crippen molar-refractivity contribution in [2.75, 3.05) is 5.32 Å². The SMILES string of the molecule is N[C@@H]1CC[C@@H](Nc2c3c(nc4ccnn24)C2(CC3)CC2)C1. The lowest BCUT2D eigenvalue weighted by atomic mass is 10.0. The van der Waals surface area contributed by atoms with Gasteiger partial charge in [0.2, 0.25) is 0 Å². The number of hydrogen-bond donors (Lipinski definition) is 2. The zero-order valence-corrected chi connectivity index (χ0v) is 12.2. The standard InChI is InChI=1S/C16H21N5/c17-10-1-2-11(9-10)19-15-12-3-5-16(6-7-16)14(12)20-13-4-8-18-21(13)15/h4,8,10-11,19H,1-3,5-7,9,17H2/t10-,11-/m1/s1. The molecular formula is C16H21N5. The average molecular weight is 283 g/mol. The molecule has 2 atom stereocenters. The van der Waals surface area contributed by atoms with Gasteiger partial charge < -0.3 is 11.1 Å². The maximum Gasteiger partial charge on any atom is 0.157 e. The van der Waals surface area contributed by atoms with Crippen LogP contribution in [0.2, 0.25) is 0 Å². The van der Waals surface area contributed by atoms with E-state index in [1.807, 2.05) is 16.8 Å². The van der Waals surface area contributed by atoms with E-state index >= 15 is 0 Å². The number of fused-ring (bicyclic) bond motifs is 3. The Kier molecular flexibility index (Phi) is 2.27. The van der Waals surface area contributed by atoms with E-state index in [0.717, 1.165) is 31.3 Å². The Morgan fingerprint density at radius 3 is 2.95 bits per heavy atom. The minimum Gasteiger partial charge on any atom is -0.367 e. The molecule has 21 heavy (non-hydrogen) atoms. The molecule has 5 rings (SSSR count). The first-order valence-electron chi connectivity index (χ1n) is 8.14. The minimum atomic E-state index is 0.347. The highest BCUT2D eigenvalue weighted by atomic mass is 15.3. The van der Waals surface area contributed by atoms with Crippen molar-refractivity contribution in [3.8, 4) is 0 Å². The van der Waals surface area contributed by atoms with E-state index < -0.39 is 0 Å². The van der Waals surface area contributed by atoms with Crippen LogP contribution in [0.3, 0.4) is 0 Å². The normalized spacial score (nSPS) is 29.2. The topological polar surface area (TPSA) is 68.2 Å². The summed E-state index contributed by atoms with van der Waals surface area (Å²) in [6.45, 7) is 0. The van der Waals surface area contributed by atoms with Gasteiger partial charge in [-0.05, 0) is 44.9 Å². The Bertz CT molecular complexity index is 715. The second-order valence-corrected chi connectivity index (χ2v) is 7.08. The van der Waals surface area contributed by atoms with Crippen LogP contribution >= 0.6 is 0 Å². The number of anilines is 1. The molecular weight excluding hydrogens is 262 g/mol. The van der Waals surface area contributed by atoms with Crippen LogP contribution in [-0.4, -0.2) is 26.7 Å². The third-order valence-corrected chi connectivity index (χ3v) is 5.66. The van der Waals surface area contributed by atoms with E-state index in [1.165, 1.54) is 36.3 Å². The summed E-state index contributed by atoms with van der Waals surface area (Å²) in [5.41, 5.74) is 10.2. The Labute approximate surface area is 123 Å². The summed E-state index contributed by atoms with van der Waals surface area (Å²) in [6, 6.07) is 2.84. The maximum atomic E-state index is 6.06. The van der Waals surface area contributed by atoms with Crippen LogP contribution < -0.4 is 11.1 Å². The first kappa shape index (κ1) is 12.0. The number of hydrogen-bond acceptors (Lipinski definition) is 4. The van der Waals surface area contributed by atoms with E-state index in [0.29, 0.717) is 17.5 Å². The summed E-state index contributed by atoms with van der Waals surface area (Å²) in [5.74, 6) is 1.18. The van der Waals surface area contributed by atoms with Crippen LogP contribution in [0.5, 0.6) is 0 Å². The van der Waals surface area contributed by atoms with Crippen molar-refractivity contribution in [1.82, 2.24) is 14.6 Å². The highest BCUT2D eigenvalue weighted by Gasteiger charge is 2.51. The molecule has 2 saturated carbocycles. The van der Waals surface area contributed by atoms with Gasteiger partial charge in [0.25, 0.3) is 0 Å². The number of nitrogens with two attached hydrogens (primary N) is 1. The zero-order valence-electron chi connectivity index (χ0n) is 12.2. The lowest BCUT2D eigenvalue weighted by molar-refractivity contribution is 0.665. The fourth-order valence-electron chi connectivity index (χ4n) is 4.26. The molecule has 0 aliphatic heterocycles. The van der Waals surface area contributed by atoms with Crippen molar-refractivity contribution < 1.29 is 0 Å². The minimum absolute atomic E-state index is 0.347. The fourth-order valence-corrected chi connectivity index (χ4v) is 4.26. The largest absolute Gasteiger partial charge is 0.367 e. The second kappa shape index (κ2) is 3.97. The van der Waals surface area contributed by atoms with Crippen LogP contribution in [0.15, 0.2) is 12.3 Å². The van der Waals surface area contributed by atoms with Gasteiger partial charge in [-0.15, -0.1) is 0 Å². The van der Waals surface area contributed by atoms with E-state index in [2.05, 4.69) is 10.4 Å². The van der Waals surface area contributed by atoms with Crippen LogP contribution in [-0.2, 0) is 11.8 Å². The second-order valence-electron chi connectivity index (χ2n) is 7.08. The summed E-state index contributed by atoms with van der Waals surface area (Å²) >= 11 is 0. The third kappa shape index (κ3) is 1.67. The van der Waals surface area contributed by atoms with Crippen LogP contribution in [0.4, 0.5) is 5.82 Å². The molecule has 2 fully saturated rings. The first-order valence-corrected chi connectivity index (χ1v) is 8.14. The van der Waals surface area contributed by atoms with E-state index in [-0.39, 0.29) is 0 Å². The average Bonchev–Trinajstić information content (AvgIpc) is 2.82. The summed E-state index contributed by atoms with van der Waals surface area (Å²) in [4.78, 5) is 4.92. The Morgan fingerprint density at radius 1 is 1.29 bits per heavy atom. The number of aromatic nitrogens is 3. The van der Waals surface area contributed by atoms with E-state index in [9.17, 15) is 0 Å². The molecule has 0 radical (unpaired) electrons. The van der Waals surface area contributed by atoms with Gasteiger partial charge in [-0.3, -0.25) is 0 Å². The van der Waals surface area contributed by atoms with E-state index in [4.69, 9.17) is 10.7 Å². The molecule has 3 N–H and O–H groups in total. The van der Waals surface area contributed by atoms with Gasteiger partial charge in [0.1, 0.15) is 5.82 Å². The van der Waals surface area contributed by atoms with Gasteiger partial charge in [-0.1, -0.05) is 0 Å². The Balaban J connectivity index is 1.62. The summed E-state index contributed by atoms with van der Waals surface area (Å²) in [5, 5.41) is 8.23. The molecule has 0 amide bonds. The first-order chi connectivity index (χ1) is 10.3. The monoisotopic (exact) mass is 283 g/mol. The molecule has 0 aromatic carbocycles. The number of nitrogens with zero attached hydrogens (tertiary/aromatic N) is 3. The molecule has 5 nitrogen and oxygen atoms in total. The molecule has 0 bridgehead atoms. The summed E-state index contributed by atoms with van der Waals surface area (Å²) < 4.78 is 1.99. The van der Waals surface area contributed by atoms with Gasteiger partial charge in [0, 0.05) is 29.1 Å². The maximum absolute atomic E-state index is 6.06. The molecule has 110 valence electrons. The Morgan fingerprint density at radius 2 is 2.19 bits per heavy atom. The predicted molar refractivity (Wildman–Crippen MR) is 81.5 cm³/mol. The molecule has 3 aliphatic rings. The fraction of sp³-hybridized carbons (Fsp3) is 0.625. The van der Waals surface area contributed by atoms with Crippen LogP contribution in [0.1, 0.15) is 49.8 Å². The zero-order chi connectivity index (χ0) is 14.0. The molecule has 2 aromatic rings. The van der Waals surface area contributed by atoms with Gasteiger partial charge >= 0.3 is 0 Å². The molecule has 2 aromatic heterocycles. The molecule has 1 spiro atoms. The third-order valence-electron chi connectivity index (χ3n) is 5.66. The van der Waals surface area contributed by atoms with E-state index in [1.54, 1.807) is 0 Å². The highest BCUT2D eigenvalue weighted by molar-refractivity contribution is 5.60. The summed E-state index contributed by atoms with van der Waals surface area (Å²) in [6.07, 6.45) is 10.2. The molecule has 5 heteroatoms. The number of nitrogens with one attached hydrogen (secondary N) is 1. The van der Waals surface area contributed by atoms with Crippen molar-refractivity contribution in [2.24, 2.45) is 5.73 Å². The van der Waals surface area contributed by atoms with Gasteiger partial charge in [0.15, 0.2) is 5.65 Å². The van der Waals surface area contributed by atoms with Crippen molar-refractivity contribution >= 4 is 11.5 Å². The van der Waals surface area contributed by atoms with Crippen molar-refractivity contribution in [3.63, 3.8) is 0 Å². The molecule has 0 unspecified atom stereocenters. The lowest BCUT2D eigenvalue weighted by Crippen LogP contribution is -2.23. The van der Waals surface area contributed by atoms with Crippen LogP contribution in [0, 0.1) is 0 Å². The van der Waals surface area contributed by atoms with Crippen molar-refractivity contribution in [3.05, 3.63) is 23.5 Å². The van der Waals surface area contributed by atoms with Gasteiger partial charge in [-0.25, -0.2) is 4.98 Å². The molecule has 2 heterocycles. The quantitative estimate of drug-likeness (QED) is 0.884. The smallest absolute Gasteiger partial charge is 0.157 e. The van der Waals surface area contributed by atoms with Gasteiger partial charge in [-0.2, -0.15) is 9.61 Å². The summed E-state index contributed by atoms with van der Waals surface area (Å²) in [7, 11) is 0. The predicted octanol–water partition coefficient (Wildman–Crippen LogP) is 2.00. The molecule has 0 saturated heterocycles. The lowest BCUT2D eigenvalue weighted by Gasteiger charge is -2.18. The highest BCUT2D eigenvalue weighted by Crippen LogP contribution is 2.57. The van der Waals surface area contributed by atoms with Crippen LogP contribution in [0.25, 0.3) is 5.65 Å². The van der Waals surface area contributed by atoms with Gasteiger partial charge in [0.05, 0.1) is 11.9 Å². The Hall–Kier alpha value is -1.62. The van der Waals surface area contributed by atoms with Crippen molar-refractivity contribution in [2.45, 2.75) is 62.4 Å². The number of rotatable bonds is 2.